The van der Waals surface area contributed by atoms with Gasteiger partial charge in [0.25, 0.3) is 0 Å². The number of ether oxygens (including phenoxy) is 2. The highest BCUT2D eigenvalue weighted by Crippen LogP contribution is 2.34. The highest BCUT2D eigenvalue weighted by Gasteiger charge is 2.43. The highest BCUT2D eigenvalue weighted by atomic mass is 79.9. The Morgan fingerprint density at radius 3 is 1.61 bits per heavy atom. The van der Waals surface area contributed by atoms with Crippen molar-refractivity contribution >= 4 is 69.4 Å². The molecule has 7 aromatic rings. The molecular weight excluding hydrogens is 967 g/mol. The fourth-order valence-corrected chi connectivity index (χ4v) is 10.4. The zero-order valence-electron chi connectivity index (χ0n) is 36.7. The second-order valence-electron chi connectivity index (χ2n) is 16.7. The third-order valence-corrected chi connectivity index (χ3v) is 14.9. The van der Waals surface area contributed by atoms with Gasteiger partial charge in [-0.25, -0.2) is 46.1 Å². The number of benzene rings is 2. The maximum Gasteiger partial charge on any atom is 0.232 e. The van der Waals surface area contributed by atoms with Gasteiger partial charge in [0.05, 0.1) is 45.5 Å². The van der Waals surface area contributed by atoms with E-state index in [1.54, 1.807) is 58.4 Å². The van der Waals surface area contributed by atoms with E-state index < -0.39 is 31.6 Å². The topological polar surface area (TPSA) is 227 Å². The third kappa shape index (κ3) is 9.65. The van der Waals surface area contributed by atoms with Crippen molar-refractivity contribution in [3.63, 3.8) is 0 Å². The number of hydrogen-bond donors (Lipinski definition) is 0. The number of aromatic nitrogens is 9. The lowest BCUT2D eigenvalue weighted by atomic mass is 9.84. The Balaban J connectivity index is 0.882. The van der Waals surface area contributed by atoms with E-state index in [1.165, 1.54) is 36.9 Å². The molecule has 7 heterocycles. The van der Waals surface area contributed by atoms with Crippen LogP contribution in [0.15, 0.2) is 106 Å². The van der Waals surface area contributed by atoms with E-state index in [4.69, 9.17) is 9.47 Å². The van der Waals surface area contributed by atoms with Crippen LogP contribution in [0.3, 0.4) is 0 Å². The first-order valence-corrected chi connectivity index (χ1v) is 26.2. The maximum absolute atomic E-state index is 14.9. The first-order valence-electron chi connectivity index (χ1n) is 21.6. The molecule has 2 unspecified atom stereocenters. The summed E-state index contributed by atoms with van der Waals surface area (Å²) in [6.45, 7) is 3.56. The number of piperidine rings is 2. The van der Waals surface area contributed by atoms with E-state index in [9.17, 15) is 26.4 Å². The standard InChI is InChI=1S/C45H46BrN11O8S2/c1-4-38(58)40(54-17-13-32(14-18-54)64-43-36-24-52-56(41(36)48-26-50-43)30-5-9-34(10-6-30)66(2,60)61)39(28-21-29(46)23-47-22-28)45(59)55-19-15-33(16-20-55)65-44-37-25-53-57(42(37)49-27-51-44)31-7-11-35(12-8-31)67(3,62)63/h5-12,21-27,32-33,39-40H,4,13-20H2,1-3H3. The number of pyridine rings is 1. The largest absolute Gasteiger partial charge is 0.474 e. The number of likely N-dealkylation sites (tertiary alicyclic amines) is 2. The van der Waals surface area contributed by atoms with Gasteiger partial charge in [-0.05, 0) is 88.9 Å². The van der Waals surface area contributed by atoms with Crippen molar-refractivity contribution < 1.29 is 35.9 Å². The Morgan fingerprint density at radius 1 is 0.687 bits per heavy atom. The van der Waals surface area contributed by atoms with Gasteiger partial charge < -0.3 is 14.4 Å². The minimum absolute atomic E-state index is 0.0509. The van der Waals surface area contributed by atoms with Gasteiger partial charge >= 0.3 is 0 Å². The van der Waals surface area contributed by atoms with Crippen LogP contribution in [-0.2, 0) is 29.3 Å². The molecule has 67 heavy (non-hydrogen) atoms. The molecule has 1 amide bonds. The van der Waals surface area contributed by atoms with Crippen LogP contribution in [0.4, 0.5) is 0 Å². The molecule has 2 aliphatic rings. The number of halogens is 1. The van der Waals surface area contributed by atoms with E-state index in [-0.39, 0.29) is 40.1 Å². The molecule has 9 rings (SSSR count). The first kappa shape index (κ1) is 45.9. The van der Waals surface area contributed by atoms with Crippen molar-refractivity contribution in [3.05, 3.63) is 102 Å². The number of carbonyl (C=O) groups is 2. The summed E-state index contributed by atoms with van der Waals surface area (Å²) in [4.78, 5) is 55.4. The molecule has 2 fully saturated rings. The minimum Gasteiger partial charge on any atom is -0.474 e. The van der Waals surface area contributed by atoms with E-state index in [0.29, 0.717) is 107 Å². The maximum atomic E-state index is 14.9. The molecule has 19 nitrogen and oxygen atoms in total. The number of Topliss-reactive ketones (excluding diaryl/α,β-unsaturated/α-hetero) is 1. The van der Waals surface area contributed by atoms with Crippen LogP contribution >= 0.6 is 15.9 Å². The van der Waals surface area contributed by atoms with Crippen molar-refractivity contribution in [1.82, 2.24) is 54.3 Å². The Morgan fingerprint density at radius 2 is 1.16 bits per heavy atom. The summed E-state index contributed by atoms with van der Waals surface area (Å²) in [5.41, 5.74) is 2.89. The lowest BCUT2D eigenvalue weighted by Gasteiger charge is -2.42. The first-order chi connectivity index (χ1) is 32.2. The van der Waals surface area contributed by atoms with Crippen LogP contribution in [-0.4, -0.2) is 140 Å². The fourth-order valence-electron chi connectivity index (χ4n) is 8.73. The Labute approximate surface area is 394 Å². The Bertz CT molecular complexity index is 3190. The van der Waals surface area contributed by atoms with Crippen molar-refractivity contribution in [3.8, 4) is 23.1 Å². The molecule has 0 N–H and O–H groups in total. The predicted octanol–water partition coefficient (Wildman–Crippen LogP) is 4.95. The zero-order valence-corrected chi connectivity index (χ0v) is 39.9. The molecular formula is C45H46BrN11O8S2. The van der Waals surface area contributed by atoms with Gasteiger partial charge in [-0.3, -0.25) is 19.5 Å². The number of hydrogen-bond acceptors (Lipinski definition) is 16. The molecule has 2 aromatic carbocycles. The predicted molar refractivity (Wildman–Crippen MR) is 249 cm³/mol. The second kappa shape index (κ2) is 18.8. The second-order valence-corrected chi connectivity index (χ2v) is 21.6. The fraction of sp³-hybridized carbons (Fsp3) is 0.356. The van der Waals surface area contributed by atoms with Crippen LogP contribution in [0.1, 0.15) is 50.5 Å². The van der Waals surface area contributed by atoms with Crippen molar-refractivity contribution in [1.29, 1.82) is 0 Å². The summed E-state index contributed by atoms with van der Waals surface area (Å²) < 4.78 is 64.8. The van der Waals surface area contributed by atoms with Crippen LogP contribution in [0, 0.1) is 0 Å². The van der Waals surface area contributed by atoms with E-state index in [2.05, 4.69) is 55.9 Å². The van der Waals surface area contributed by atoms with E-state index in [0.717, 1.165) is 12.5 Å². The molecule has 348 valence electrons. The molecule has 0 bridgehead atoms. The van der Waals surface area contributed by atoms with Gasteiger partial charge in [0.2, 0.25) is 17.7 Å². The summed E-state index contributed by atoms with van der Waals surface area (Å²) in [7, 11) is -6.73. The van der Waals surface area contributed by atoms with Gasteiger partial charge in [0.15, 0.2) is 36.8 Å². The number of fused-ring (bicyclic) bond motifs is 2. The number of amides is 1. The Hall–Kier alpha value is -6.23. The number of sulfone groups is 2. The van der Waals surface area contributed by atoms with Crippen LogP contribution in [0.25, 0.3) is 33.4 Å². The monoisotopic (exact) mass is 1010 g/mol. The molecule has 2 atom stereocenters. The van der Waals surface area contributed by atoms with Crippen molar-refractivity contribution in [2.45, 2.75) is 73.0 Å². The lowest BCUT2D eigenvalue weighted by Crippen LogP contribution is -2.55. The Kier molecular flexibility index (Phi) is 12.9. The normalized spacial score (nSPS) is 16.6. The third-order valence-electron chi connectivity index (χ3n) is 12.2. The molecule has 22 heteroatoms. The summed E-state index contributed by atoms with van der Waals surface area (Å²) in [6, 6.07) is 13.9. The highest BCUT2D eigenvalue weighted by molar-refractivity contribution is 9.10. The zero-order chi connectivity index (χ0) is 47.0. The summed E-state index contributed by atoms with van der Waals surface area (Å²) in [5.74, 6) is -0.328. The average Bonchev–Trinajstić information content (AvgIpc) is 3.97. The van der Waals surface area contributed by atoms with Gasteiger partial charge in [0.1, 0.15) is 35.6 Å². The summed E-state index contributed by atoms with van der Waals surface area (Å²) >= 11 is 3.54. The smallest absolute Gasteiger partial charge is 0.232 e. The SMILES string of the molecule is CCC(=O)C(C(C(=O)N1CCC(Oc2ncnc3c2cnn3-c2ccc(S(C)(=O)=O)cc2)CC1)c1cncc(Br)c1)N1CCC(Oc2ncnc3c2cnn3-c2ccc(S(C)(=O)=O)cc2)CC1. The summed E-state index contributed by atoms with van der Waals surface area (Å²) in [6.07, 6.45) is 13.5. The lowest BCUT2D eigenvalue weighted by molar-refractivity contribution is -0.141. The molecule has 2 aliphatic heterocycles. The average molecular weight is 1010 g/mol. The van der Waals surface area contributed by atoms with E-state index >= 15 is 0 Å². The van der Waals surface area contributed by atoms with Gasteiger partial charge in [-0.2, -0.15) is 10.2 Å². The number of carbonyl (C=O) groups excluding carboxylic acids is 2. The van der Waals surface area contributed by atoms with Crippen molar-refractivity contribution in [2.24, 2.45) is 0 Å². The molecule has 0 radical (unpaired) electrons. The van der Waals surface area contributed by atoms with Gasteiger partial charge in [-0.15, -0.1) is 0 Å². The molecule has 0 saturated carbocycles. The van der Waals surface area contributed by atoms with Crippen LogP contribution in [0.5, 0.6) is 11.8 Å². The number of nitrogens with zero attached hydrogens (tertiary/aromatic N) is 11. The van der Waals surface area contributed by atoms with Crippen molar-refractivity contribution in [2.75, 3.05) is 38.7 Å². The molecule has 2 saturated heterocycles. The summed E-state index contributed by atoms with van der Waals surface area (Å²) in [5, 5.41) is 10.2. The van der Waals surface area contributed by atoms with Gasteiger partial charge in [0, 0.05) is 74.8 Å². The van der Waals surface area contributed by atoms with Gasteiger partial charge in [-0.1, -0.05) is 6.92 Å². The van der Waals surface area contributed by atoms with Crippen LogP contribution < -0.4 is 9.47 Å². The quantitative estimate of drug-likeness (QED) is 0.140. The minimum atomic E-state index is -3.37. The number of rotatable bonds is 14. The van der Waals surface area contributed by atoms with Crippen LogP contribution in [0.2, 0.25) is 0 Å². The molecule has 0 spiro atoms. The molecule has 5 aromatic heterocycles. The number of ketones is 1. The van der Waals surface area contributed by atoms with E-state index in [1.807, 2.05) is 17.9 Å². The molecule has 0 aliphatic carbocycles.